The molecule has 2 aromatic heterocycles. The molecule has 1 fully saturated rings. The molecule has 3 heterocycles. The zero-order valence-electron chi connectivity index (χ0n) is 21.3. The van der Waals surface area contributed by atoms with E-state index in [2.05, 4.69) is 20.6 Å². The fraction of sp³-hybridized carbons (Fsp3) is 0.241. The molecule has 0 unspecified atom stereocenters. The minimum atomic E-state index is -0.681. The van der Waals surface area contributed by atoms with Gasteiger partial charge in [0.25, 0.3) is 11.7 Å². The lowest BCUT2D eigenvalue weighted by molar-refractivity contribution is -0.112. The molecule has 1 amide bonds. The van der Waals surface area contributed by atoms with E-state index in [0.717, 1.165) is 48.4 Å². The van der Waals surface area contributed by atoms with Crippen LogP contribution < -0.4 is 15.5 Å². The van der Waals surface area contributed by atoms with Gasteiger partial charge in [-0.05, 0) is 55.7 Å². The molecular weight excluding hydrogens is 483 g/mol. The number of Topliss-reactive ketones (excluding diaryl/α,β-unsaturated/α-hetero) is 1. The molecular formula is C29H29FN6O2. The molecule has 0 saturated carbocycles. The van der Waals surface area contributed by atoms with Crippen LogP contribution in [-0.2, 0) is 11.8 Å². The van der Waals surface area contributed by atoms with Crippen molar-refractivity contribution < 1.29 is 14.0 Å². The molecule has 1 aliphatic rings. The van der Waals surface area contributed by atoms with Gasteiger partial charge in [0.05, 0.1) is 12.4 Å². The minimum absolute atomic E-state index is 0.269. The molecule has 38 heavy (non-hydrogen) atoms. The summed E-state index contributed by atoms with van der Waals surface area (Å²) in [4.78, 5) is 36.2. The fourth-order valence-electron chi connectivity index (χ4n) is 4.72. The van der Waals surface area contributed by atoms with Crippen molar-refractivity contribution in [2.75, 3.05) is 28.6 Å². The molecule has 0 aliphatic carbocycles. The molecule has 0 bridgehead atoms. The predicted octanol–water partition coefficient (Wildman–Crippen LogP) is 4.83. The van der Waals surface area contributed by atoms with E-state index in [1.807, 2.05) is 60.4 Å². The Morgan fingerprint density at radius 2 is 1.58 bits per heavy atom. The van der Waals surface area contributed by atoms with E-state index in [1.165, 1.54) is 12.4 Å². The van der Waals surface area contributed by atoms with E-state index in [0.29, 0.717) is 17.3 Å². The quantitative estimate of drug-likeness (QED) is 0.272. The summed E-state index contributed by atoms with van der Waals surface area (Å²) >= 11 is 0. The molecule has 0 radical (unpaired) electrons. The average molecular weight is 513 g/mol. The summed E-state index contributed by atoms with van der Waals surface area (Å²) in [5.74, 6) is -1.17. The van der Waals surface area contributed by atoms with E-state index in [9.17, 15) is 14.0 Å². The number of anilines is 3. The lowest BCUT2D eigenvalue weighted by atomic mass is 10.0. The number of aryl methyl sites for hydroxylation is 1. The second kappa shape index (κ2) is 10.8. The third kappa shape index (κ3) is 5.41. The van der Waals surface area contributed by atoms with Crippen molar-refractivity contribution in [2.45, 2.75) is 25.8 Å². The highest BCUT2D eigenvalue weighted by Crippen LogP contribution is 2.28. The van der Waals surface area contributed by atoms with Crippen molar-refractivity contribution in [3.63, 3.8) is 0 Å². The SMILES string of the molecule is Cc1cc(-c2ccccc2)c(C(=O)C(=O)Nc2ccc(NC3CCN(c4ncc(F)cn4)CC3)cc2)n1C. The molecule has 194 valence electrons. The zero-order chi connectivity index (χ0) is 26.6. The Morgan fingerprint density at radius 3 is 2.24 bits per heavy atom. The van der Waals surface area contributed by atoms with Crippen LogP contribution in [0.2, 0.25) is 0 Å². The molecule has 2 aromatic carbocycles. The summed E-state index contributed by atoms with van der Waals surface area (Å²) in [7, 11) is 1.79. The highest BCUT2D eigenvalue weighted by atomic mass is 19.1. The van der Waals surface area contributed by atoms with Crippen LogP contribution in [0.15, 0.2) is 73.1 Å². The van der Waals surface area contributed by atoms with Crippen LogP contribution >= 0.6 is 0 Å². The van der Waals surface area contributed by atoms with Crippen LogP contribution in [0.1, 0.15) is 29.0 Å². The van der Waals surface area contributed by atoms with E-state index in [-0.39, 0.29) is 6.04 Å². The van der Waals surface area contributed by atoms with Crippen molar-refractivity contribution in [2.24, 2.45) is 7.05 Å². The van der Waals surface area contributed by atoms with Crippen LogP contribution in [0.3, 0.4) is 0 Å². The molecule has 0 spiro atoms. The summed E-state index contributed by atoms with van der Waals surface area (Å²) in [6, 6.07) is 19.1. The summed E-state index contributed by atoms with van der Waals surface area (Å²) in [5, 5.41) is 6.25. The lowest BCUT2D eigenvalue weighted by Crippen LogP contribution is -2.39. The van der Waals surface area contributed by atoms with Gasteiger partial charge in [0.15, 0.2) is 5.82 Å². The van der Waals surface area contributed by atoms with Gasteiger partial charge >= 0.3 is 0 Å². The molecule has 4 aromatic rings. The maximum atomic E-state index is 13.2. The van der Waals surface area contributed by atoms with Gasteiger partial charge in [-0.3, -0.25) is 9.59 Å². The predicted molar refractivity (Wildman–Crippen MR) is 146 cm³/mol. The number of halogens is 1. The van der Waals surface area contributed by atoms with E-state index >= 15 is 0 Å². The Kier molecular flexibility index (Phi) is 7.17. The van der Waals surface area contributed by atoms with E-state index in [1.54, 1.807) is 23.7 Å². The number of amides is 1. The Labute approximate surface area is 220 Å². The number of ketones is 1. The van der Waals surface area contributed by atoms with E-state index < -0.39 is 17.5 Å². The highest BCUT2D eigenvalue weighted by molar-refractivity contribution is 6.47. The highest BCUT2D eigenvalue weighted by Gasteiger charge is 2.25. The lowest BCUT2D eigenvalue weighted by Gasteiger charge is -2.32. The van der Waals surface area contributed by atoms with Crippen LogP contribution in [0.5, 0.6) is 0 Å². The number of carbonyl (C=O) groups excluding carboxylic acids is 2. The number of hydrogen-bond acceptors (Lipinski definition) is 6. The van der Waals surface area contributed by atoms with Gasteiger partial charge in [-0.2, -0.15) is 0 Å². The van der Waals surface area contributed by atoms with Gasteiger partial charge in [0.1, 0.15) is 5.69 Å². The van der Waals surface area contributed by atoms with Crippen LogP contribution in [-0.4, -0.2) is 45.4 Å². The largest absolute Gasteiger partial charge is 0.382 e. The third-order valence-corrected chi connectivity index (χ3v) is 6.88. The number of aromatic nitrogens is 3. The molecule has 2 N–H and O–H groups in total. The van der Waals surface area contributed by atoms with E-state index in [4.69, 9.17) is 0 Å². The summed E-state index contributed by atoms with van der Waals surface area (Å²) in [6.07, 6.45) is 4.13. The molecule has 8 nitrogen and oxygen atoms in total. The number of benzene rings is 2. The first-order chi connectivity index (χ1) is 18.4. The van der Waals surface area contributed by atoms with Crippen molar-refractivity contribution in [1.82, 2.24) is 14.5 Å². The molecule has 9 heteroatoms. The first-order valence-corrected chi connectivity index (χ1v) is 12.6. The van der Waals surface area contributed by atoms with Crippen LogP contribution in [0.25, 0.3) is 11.1 Å². The van der Waals surface area contributed by atoms with Gasteiger partial charge in [-0.25, -0.2) is 14.4 Å². The van der Waals surface area contributed by atoms with Gasteiger partial charge < -0.3 is 20.1 Å². The number of piperidine rings is 1. The number of rotatable bonds is 7. The van der Waals surface area contributed by atoms with Gasteiger partial charge in [0.2, 0.25) is 5.95 Å². The molecule has 1 saturated heterocycles. The van der Waals surface area contributed by atoms with Crippen LogP contribution in [0, 0.1) is 12.7 Å². The minimum Gasteiger partial charge on any atom is -0.382 e. The number of nitrogens with one attached hydrogen (secondary N) is 2. The number of carbonyl (C=O) groups is 2. The Hall–Kier alpha value is -4.53. The first-order valence-electron chi connectivity index (χ1n) is 12.6. The zero-order valence-corrected chi connectivity index (χ0v) is 21.3. The topological polar surface area (TPSA) is 92.2 Å². The average Bonchev–Trinajstić information content (AvgIpc) is 3.24. The second-order valence-electron chi connectivity index (χ2n) is 9.44. The maximum absolute atomic E-state index is 13.2. The van der Waals surface area contributed by atoms with Crippen molar-refractivity contribution in [1.29, 1.82) is 0 Å². The smallest absolute Gasteiger partial charge is 0.298 e. The Balaban J connectivity index is 1.19. The molecule has 5 rings (SSSR count). The van der Waals surface area contributed by atoms with Crippen molar-refractivity contribution >= 4 is 29.0 Å². The van der Waals surface area contributed by atoms with Gasteiger partial charge in [-0.15, -0.1) is 0 Å². The Bertz CT molecular complexity index is 1430. The van der Waals surface area contributed by atoms with Gasteiger partial charge in [-0.1, -0.05) is 30.3 Å². The first kappa shape index (κ1) is 25.1. The normalized spacial score (nSPS) is 13.8. The fourth-order valence-corrected chi connectivity index (χ4v) is 4.72. The maximum Gasteiger partial charge on any atom is 0.298 e. The van der Waals surface area contributed by atoms with Crippen molar-refractivity contribution in [3.05, 3.63) is 90.3 Å². The molecule has 1 aliphatic heterocycles. The standard InChI is InChI=1S/C29H29FN6O2/c1-19-16-25(20-6-4-3-5-7-20)26(35(19)2)27(37)28(38)34-23-10-8-22(9-11-23)33-24-12-14-36(15-13-24)29-31-17-21(30)18-32-29/h3-11,16-18,24,33H,12-15H2,1-2H3,(H,34,38). The number of nitrogens with zero attached hydrogens (tertiary/aromatic N) is 4. The molecule has 0 atom stereocenters. The Morgan fingerprint density at radius 1 is 0.947 bits per heavy atom. The van der Waals surface area contributed by atoms with Crippen molar-refractivity contribution in [3.8, 4) is 11.1 Å². The van der Waals surface area contributed by atoms with Gasteiger partial charge in [0, 0.05) is 48.8 Å². The monoisotopic (exact) mass is 512 g/mol. The third-order valence-electron chi connectivity index (χ3n) is 6.88. The summed E-state index contributed by atoms with van der Waals surface area (Å²) in [5.41, 5.74) is 4.36. The summed E-state index contributed by atoms with van der Waals surface area (Å²) in [6.45, 7) is 3.44. The second-order valence-corrected chi connectivity index (χ2v) is 9.44. The summed E-state index contributed by atoms with van der Waals surface area (Å²) < 4.78 is 14.8. The van der Waals surface area contributed by atoms with Crippen LogP contribution in [0.4, 0.5) is 21.7 Å². The number of hydrogen-bond donors (Lipinski definition) is 2.